The minimum atomic E-state index is -0.659. The molecule has 1 aliphatic carbocycles. The summed E-state index contributed by atoms with van der Waals surface area (Å²) < 4.78 is 0. The minimum Gasteiger partial charge on any atom is -0.480 e. The summed E-state index contributed by atoms with van der Waals surface area (Å²) in [6.45, 7) is 6.49. The van der Waals surface area contributed by atoms with Gasteiger partial charge >= 0.3 is 5.97 Å². The van der Waals surface area contributed by atoms with Gasteiger partial charge in [0.2, 0.25) is 0 Å². The first-order valence-electron chi connectivity index (χ1n) is 7.01. The summed E-state index contributed by atoms with van der Waals surface area (Å²) in [5, 5.41) is 12.9. The number of hydrogen-bond acceptors (Lipinski definition) is 2. The van der Waals surface area contributed by atoms with E-state index < -0.39 is 11.5 Å². The van der Waals surface area contributed by atoms with Crippen LogP contribution in [0.5, 0.6) is 0 Å². The molecule has 100 valence electrons. The Hall–Kier alpha value is -0.570. The maximum Gasteiger partial charge on any atom is 0.323 e. The molecular formula is C14H27NO2. The quantitative estimate of drug-likeness (QED) is 0.751. The molecule has 1 saturated carbocycles. The summed E-state index contributed by atoms with van der Waals surface area (Å²) >= 11 is 0. The third-order valence-corrected chi connectivity index (χ3v) is 4.05. The fraction of sp³-hybridized carbons (Fsp3) is 0.929. The Morgan fingerprint density at radius 2 is 2.06 bits per heavy atom. The molecule has 1 atom stereocenters. The summed E-state index contributed by atoms with van der Waals surface area (Å²) in [5.41, 5.74) is -0.653. The van der Waals surface area contributed by atoms with E-state index in [2.05, 4.69) is 26.1 Å². The molecular weight excluding hydrogens is 214 g/mol. The Kier molecular flexibility index (Phi) is 5.44. The van der Waals surface area contributed by atoms with Gasteiger partial charge < -0.3 is 5.11 Å². The lowest BCUT2D eigenvalue weighted by Gasteiger charge is -2.38. The largest absolute Gasteiger partial charge is 0.480 e. The lowest BCUT2D eigenvalue weighted by Crippen LogP contribution is -2.57. The van der Waals surface area contributed by atoms with Crippen LogP contribution in [0.1, 0.15) is 65.7 Å². The van der Waals surface area contributed by atoms with E-state index >= 15 is 0 Å². The van der Waals surface area contributed by atoms with Crippen LogP contribution >= 0.6 is 0 Å². The number of unbranched alkanes of at least 4 members (excludes halogenated alkanes) is 1. The van der Waals surface area contributed by atoms with E-state index in [9.17, 15) is 9.90 Å². The lowest BCUT2D eigenvalue weighted by atomic mass is 9.76. The number of nitrogens with one attached hydrogen (secondary N) is 1. The van der Waals surface area contributed by atoms with Crippen LogP contribution in [-0.4, -0.2) is 22.7 Å². The molecule has 3 nitrogen and oxygen atoms in total. The highest BCUT2D eigenvalue weighted by Crippen LogP contribution is 2.32. The zero-order chi connectivity index (χ0) is 12.9. The van der Waals surface area contributed by atoms with Crippen molar-refractivity contribution in [2.45, 2.75) is 77.3 Å². The number of rotatable bonds is 6. The normalized spacial score (nSPS) is 31.1. The molecule has 2 N–H and O–H groups in total. The molecule has 0 spiro atoms. The maximum atomic E-state index is 11.5. The molecule has 0 aromatic carbocycles. The van der Waals surface area contributed by atoms with Gasteiger partial charge in [0.25, 0.3) is 0 Å². The molecule has 0 aromatic heterocycles. The highest BCUT2D eigenvalue weighted by molar-refractivity contribution is 5.79. The van der Waals surface area contributed by atoms with Crippen molar-refractivity contribution >= 4 is 5.97 Å². The molecule has 1 aliphatic rings. The van der Waals surface area contributed by atoms with Crippen molar-refractivity contribution in [3.8, 4) is 0 Å². The zero-order valence-corrected chi connectivity index (χ0v) is 11.5. The Balaban J connectivity index is 2.56. The van der Waals surface area contributed by atoms with Crippen molar-refractivity contribution < 1.29 is 9.90 Å². The molecule has 0 aliphatic heterocycles. The van der Waals surface area contributed by atoms with Gasteiger partial charge in [0.15, 0.2) is 0 Å². The van der Waals surface area contributed by atoms with Crippen LogP contribution in [-0.2, 0) is 4.79 Å². The Morgan fingerprint density at radius 1 is 1.47 bits per heavy atom. The average molecular weight is 241 g/mol. The van der Waals surface area contributed by atoms with Gasteiger partial charge in [-0.25, -0.2) is 0 Å². The van der Waals surface area contributed by atoms with Gasteiger partial charge in [-0.1, -0.05) is 26.7 Å². The highest BCUT2D eigenvalue weighted by atomic mass is 16.4. The predicted octanol–water partition coefficient (Wildman–Crippen LogP) is 3.19. The van der Waals surface area contributed by atoms with Crippen LogP contribution in [0.2, 0.25) is 0 Å². The first-order chi connectivity index (χ1) is 8.00. The van der Waals surface area contributed by atoms with Crippen LogP contribution < -0.4 is 5.32 Å². The van der Waals surface area contributed by atoms with E-state index in [-0.39, 0.29) is 0 Å². The predicted molar refractivity (Wildman–Crippen MR) is 70.1 cm³/mol. The van der Waals surface area contributed by atoms with Gasteiger partial charge in [-0.05, 0) is 44.9 Å². The molecule has 0 radical (unpaired) electrons. The molecule has 0 saturated heterocycles. The maximum absolute atomic E-state index is 11.5. The fourth-order valence-electron chi connectivity index (χ4n) is 2.73. The van der Waals surface area contributed by atoms with E-state index in [0.29, 0.717) is 12.0 Å². The number of carbonyl (C=O) groups is 1. The Labute approximate surface area is 105 Å². The third-order valence-electron chi connectivity index (χ3n) is 4.05. The Bertz CT molecular complexity index is 245. The molecule has 1 unspecified atom stereocenters. The van der Waals surface area contributed by atoms with Gasteiger partial charge in [0.05, 0.1) is 0 Å². The van der Waals surface area contributed by atoms with Gasteiger partial charge in [0.1, 0.15) is 5.54 Å². The topological polar surface area (TPSA) is 49.3 Å². The van der Waals surface area contributed by atoms with E-state index in [0.717, 1.165) is 32.1 Å². The summed E-state index contributed by atoms with van der Waals surface area (Å²) in [6, 6.07) is 0.305. The SMILES string of the molecule is CCCCC(C)NC1(C(=O)O)CCC(C)CC1. The van der Waals surface area contributed by atoms with E-state index in [1.165, 1.54) is 12.8 Å². The van der Waals surface area contributed by atoms with Crippen LogP contribution in [0.25, 0.3) is 0 Å². The van der Waals surface area contributed by atoms with Gasteiger partial charge in [0, 0.05) is 6.04 Å². The summed E-state index contributed by atoms with van der Waals surface area (Å²) in [7, 11) is 0. The second-order valence-electron chi connectivity index (χ2n) is 5.76. The van der Waals surface area contributed by atoms with Crippen molar-refractivity contribution in [2.75, 3.05) is 0 Å². The molecule has 0 aromatic rings. The second-order valence-corrected chi connectivity index (χ2v) is 5.76. The molecule has 0 amide bonds. The summed E-state index contributed by atoms with van der Waals surface area (Å²) in [6.07, 6.45) is 7.02. The molecule has 3 heteroatoms. The van der Waals surface area contributed by atoms with Gasteiger partial charge in [-0.15, -0.1) is 0 Å². The smallest absolute Gasteiger partial charge is 0.323 e. The van der Waals surface area contributed by atoms with E-state index in [1.54, 1.807) is 0 Å². The standard InChI is InChI=1S/C14H27NO2/c1-4-5-6-12(3)15-14(13(16)17)9-7-11(2)8-10-14/h11-12,15H,4-10H2,1-3H3,(H,16,17). The molecule has 0 bridgehead atoms. The van der Waals surface area contributed by atoms with E-state index in [4.69, 9.17) is 0 Å². The Morgan fingerprint density at radius 3 is 2.53 bits per heavy atom. The zero-order valence-electron chi connectivity index (χ0n) is 11.5. The highest BCUT2D eigenvalue weighted by Gasteiger charge is 2.41. The van der Waals surface area contributed by atoms with Crippen LogP contribution in [0.15, 0.2) is 0 Å². The number of aliphatic carboxylic acids is 1. The fourth-order valence-corrected chi connectivity index (χ4v) is 2.73. The van der Waals surface area contributed by atoms with Crippen LogP contribution in [0, 0.1) is 5.92 Å². The first-order valence-corrected chi connectivity index (χ1v) is 7.01. The van der Waals surface area contributed by atoms with E-state index in [1.807, 2.05) is 0 Å². The second kappa shape index (κ2) is 6.39. The molecule has 1 fully saturated rings. The lowest BCUT2D eigenvalue weighted by molar-refractivity contribution is -0.147. The van der Waals surface area contributed by atoms with Gasteiger partial charge in [-0.3, -0.25) is 10.1 Å². The summed E-state index contributed by atoms with van der Waals surface area (Å²) in [4.78, 5) is 11.5. The van der Waals surface area contributed by atoms with Crippen molar-refractivity contribution in [1.29, 1.82) is 0 Å². The van der Waals surface area contributed by atoms with Gasteiger partial charge in [-0.2, -0.15) is 0 Å². The summed E-state index contributed by atoms with van der Waals surface area (Å²) in [5.74, 6) is 0.0166. The average Bonchev–Trinajstić information content (AvgIpc) is 2.29. The monoisotopic (exact) mass is 241 g/mol. The van der Waals surface area contributed by atoms with Crippen molar-refractivity contribution in [2.24, 2.45) is 5.92 Å². The molecule has 17 heavy (non-hydrogen) atoms. The van der Waals surface area contributed by atoms with Crippen LogP contribution in [0.3, 0.4) is 0 Å². The number of carboxylic acids is 1. The first kappa shape index (κ1) is 14.5. The number of hydrogen-bond donors (Lipinski definition) is 2. The molecule has 1 rings (SSSR count). The third kappa shape index (κ3) is 3.98. The molecule has 0 heterocycles. The van der Waals surface area contributed by atoms with Crippen molar-refractivity contribution in [1.82, 2.24) is 5.32 Å². The van der Waals surface area contributed by atoms with Crippen molar-refractivity contribution in [3.63, 3.8) is 0 Å². The van der Waals surface area contributed by atoms with Crippen LogP contribution in [0.4, 0.5) is 0 Å². The van der Waals surface area contributed by atoms with Crippen molar-refractivity contribution in [3.05, 3.63) is 0 Å². The number of carboxylic acid groups (broad SMARTS) is 1. The minimum absolute atomic E-state index is 0.305.